The number of aromatic nitrogens is 2. The van der Waals surface area contributed by atoms with Gasteiger partial charge in [0.25, 0.3) is 5.56 Å². The molecular formula is C14H19N3O5. The van der Waals surface area contributed by atoms with Gasteiger partial charge in [0.05, 0.1) is 6.20 Å². The second-order valence-corrected chi connectivity index (χ2v) is 6.11. The van der Waals surface area contributed by atoms with Crippen molar-refractivity contribution >= 4 is 17.7 Å². The smallest absolute Gasteiger partial charge is 0.414 e. The highest BCUT2D eigenvalue weighted by Gasteiger charge is 2.30. The zero-order valence-corrected chi connectivity index (χ0v) is 12.8. The second kappa shape index (κ2) is 5.78. The minimum atomic E-state index is -1.17. The molecule has 1 amide bonds. The van der Waals surface area contributed by atoms with Crippen molar-refractivity contribution in [2.24, 2.45) is 0 Å². The summed E-state index contributed by atoms with van der Waals surface area (Å²) >= 11 is 0. The van der Waals surface area contributed by atoms with Gasteiger partial charge in [-0.3, -0.25) is 14.5 Å². The number of carboxylic acid groups (broad SMARTS) is 1. The molecule has 120 valence electrons. The van der Waals surface area contributed by atoms with Gasteiger partial charge in [-0.05, 0) is 33.6 Å². The number of carbonyl (C=O) groups excluding carboxylic acids is 1. The minimum Gasteiger partial charge on any atom is -0.480 e. The van der Waals surface area contributed by atoms with E-state index in [-0.39, 0.29) is 5.69 Å². The molecule has 0 bridgehead atoms. The number of rotatable bonds is 2. The number of hydrogen-bond acceptors (Lipinski definition) is 5. The van der Waals surface area contributed by atoms with Crippen LogP contribution in [0.5, 0.6) is 0 Å². The Morgan fingerprint density at radius 2 is 2.09 bits per heavy atom. The molecule has 0 saturated heterocycles. The number of ether oxygens (including phenoxy) is 1. The first-order valence-electron chi connectivity index (χ1n) is 7.00. The van der Waals surface area contributed by atoms with E-state index in [1.165, 1.54) is 11.1 Å². The maximum Gasteiger partial charge on any atom is 0.414 e. The second-order valence-electron chi connectivity index (χ2n) is 6.11. The molecule has 1 aromatic rings. The van der Waals surface area contributed by atoms with Crippen molar-refractivity contribution < 1.29 is 19.4 Å². The molecule has 0 aromatic carbocycles. The van der Waals surface area contributed by atoms with E-state index in [0.717, 1.165) is 4.68 Å². The lowest BCUT2D eigenvalue weighted by atomic mass is 10.1. The van der Waals surface area contributed by atoms with Gasteiger partial charge in [0, 0.05) is 12.1 Å². The zero-order valence-electron chi connectivity index (χ0n) is 12.8. The van der Waals surface area contributed by atoms with Crippen LogP contribution in [-0.2, 0) is 22.5 Å². The van der Waals surface area contributed by atoms with Crippen LogP contribution < -0.4 is 10.5 Å². The lowest BCUT2D eigenvalue weighted by Gasteiger charge is -2.31. The molecule has 0 radical (unpaired) electrons. The molecule has 1 N–H and O–H groups in total. The first-order chi connectivity index (χ1) is 10.2. The van der Waals surface area contributed by atoms with Crippen LogP contribution in [0.2, 0.25) is 0 Å². The summed E-state index contributed by atoms with van der Waals surface area (Å²) in [5, 5.41) is 12.7. The average Bonchev–Trinajstić information content (AvgIpc) is 2.39. The van der Waals surface area contributed by atoms with Crippen molar-refractivity contribution in [2.45, 2.75) is 45.8 Å². The first-order valence-corrected chi connectivity index (χ1v) is 7.00. The number of hydrogen-bond donors (Lipinski definition) is 1. The number of amides is 1. The lowest BCUT2D eigenvalue weighted by Crippen LogP contribution is -2.44. The van der Waals surface area contributed by atoms with E-state index < -0.39 is 29.8 Å². The molecule has 1 aliphatic heterocycles. The van der Waals surface area contributed by atoms with Gasteiger partial charge >= 0.3 is 12.1 Å². The molecule has 0 unspecified atom stereocenters. The Morgan fingerprint density at radius 1 is 1.41 bits per heavy atom. The molecule has 2 rings (SSSR count). The van der Waals surface area contributed by atoms with Crippen LogP contribution in [0, 0.1) is 0 Å². The van der Waals surface area contributed by atoms with E-state index in [9.17, 15) is 14.4 Å². The Kier molecular flexibility index (Phi) is 4.20. The molecule has 0 spiro atoms. The summed E-state index contributed by atoms with van der Waals surface area (Å²) < 4.78 is 6.15. The summed E-state index contributed by atoms with van der Waals surface area (Å²) in [6.45, 7) is 5.03. The third kappa shape index (κ3) is 3.44. The van der Waals surface area contributed by atoms with E-state index >= 15 is 0 Å². The number of aryl methyl sites for hydroxylation is 1. The zero-order chi connectivity index (χ0) is 16.5. The Morgan fingerprint density at radius 3 is 2.68 bits per heavy atom. The van der Waals surface area contributed by atoms with Crippen LogP contribution in [0.25, 0.3) is 0 Å². The standard InChI is InChI=1S/C14H19N3O5/c1-14(2,3)22-13(21)16-6-4-5-9-7-15-17(8-10(18)19)12(20)11(9)16/h7H,4-6,8H2,1-3H3,(H,18,19). The Bertz CT molecular complexity index is 659. The van der Waals surface area contributed by atoms with Gasteiger partial charge in [-0.2, -0.15) is 5.10 Å². The summed E-state index contributed by atoms with van der Waals surface area (Å²) in [4.78, 5) is 36.8. The van der Waals surface area contributed by atoms with Crippen LogP contribution >= 0.6 is 0 Å². The summed E-state index contributed by atoms with van der Waals surface area (Å²) in [5.74, 6) is -1.17. The quantitative estimate of drug-likeness (QED) is 0.875. The van der Waals surface area contributed by atoms with Gasteiger partial charge in [0.15, 0.2) is 0 Å². The van der Waals surface area contributed by atoms with Crippen LogP contribution in [-0.4, -0.2) is 39.1 Å². The van der Waals surface area contributed by atoms with Gasteiger partial charge in [0.1, 0.15) is 17.8 Å². The fourth-order valence-corrected chi connectivity index (χ4v) is 2.26. The van der Waals surface area contributed by atoms with Crippen LogP contribution in [0.1, 0.15) is 32.8 Å². The summed E-state index contributed by atoms with van der Waals surface area (Å²) in [5.41, 5.74) is -0.479. The molecule has 0 aliphatic carbocycles. The maximum atomic E-state index is 12.4. The van der Waals surface area contributed by atoms with Crippen LogP contribution in [0.15, 0.2) is 11.0 Å². The predicted octanol–water partition coefficient (Wildman–Crippen LogP) is 1.02. The Labute approximate surface area is 127 Å². The monoisotopic (exact) mass is 309 g/mol. The topological polar surface area (TPSA) is 102 Å². The first kappa shape index (κ1) is 16.0. The molecule has 8 nitrogen and oxygen atoms in total. The normalized spacial score (nSPS) is 14.4. The fourth-order valence-electron chi connectivity index (χ4n) is 2.26. The fraction of sp³-hybridized carbons (Fsp3) is 0.571. The van der Waals surface area contributed by atoms with Crippen molar-refractivity contribution in [1.82, 2.24) is 9.78 Å². The van der Waals surface area contributed by atoms with Gasteiger partial charge < -0.3 is 9.84 Å². The van der Waals surface area contributed by atoms with E-state index in [0.29, 0.717) is 24.9 Å². The highest BCUT2D eigenvalue weighted by molar-refractivity contribution is 5.89. The highest BCUT2D eigenvalue weighted by atomic mass is 16.6. The van der Waals surface area contributed by atoms with Crippen molar-refractivity contribution in [2.75, 3.05) is 11.4 Å². The predicted molar refractivity (Wildman–Crippen MR) is 78.0 cm³/mol. The summed E-state index contributed by atoms with van der Waals surface area (Å²) in [7, 11) is 0. The largest absolute Gasteiger partial charge is 0.480 e. The minimum absolute atomic E-state index is 0.164. The third-order valence-electron chi connectivity index (χ3n) is 3.09. The molecule has 22 heavy (non-hydrogen) atoms. The molecule has 2 heterocycles. The average molecular weight is 309 g/mol. The van der Waals surface area contributed by atoms with E-state index in [1.54, 1.807) is 20.8 Å². The molecule has 1 aromatic heterocycles. The van der Waals surface area contributed by atoms with E-state index in [4.69, 9.17) is 9.84 Å². The van der Waals surface area contributed by atoms with Gasteiger partial charge in [-0.1, -0.05) is 0 Å². The Balaban J connectivity index is 2.42. The number of carbonyl (C=O) groups is 2. The lowest BCUT2D eigenvalue weighted by molar-refractivity contribution is -0.138. The molecule has 0 fully saturated rings. The van der Waals surface area contributed by atoms with Crippen molar-refractivity contribution in [1.29, 1.82) is 0 Å². The maximum absolute atomic E-state index is 12.4. The number of nitrogens with zero attached hydrogens (tertiary/aromatic N) is 3. The van der Waals surface area contributed by atoms with Crippen molar-refractivity contribution in [3.63, 3.8) is 0 Å². The van der Waals surface area contributed by atoms with Crippen molar-refractivity contribution in [3.05, 3.63) is 22.1 Å². The molecule has 0 saturated carbocycles. The third-order valence-corrected chi connectivity index (χ3v) is 3.09. The number of aliphatic carboxylic acids is 1. The number of anilines is 1. The Hall–Kier alpha value is -2.38. The number of carboxylic acids is 1. The number of fused-ring (bicyclic) bond motifs is 1. The van der Waals surface area contributed by atoms with Gasteiger partial charge in [0.2, 0.25) is 0 Å². The van der Waals surface area contributed by atoms with E-state index in [2.05, 4.69) is 5.10 Å². The van der Waals surface area contributed by atoms with Crippen LogP contribution in [0.4, 0.5) is 10.5 Å². The molecule has 0 atom stereocenters. The highest BCUT2D eigenvalue weighted by Crippen LogP contribution is 2.24. The molecule has 8 heteroatoms. The van der Waals surface area contributed by atoms with Gasteiger partial charge in [-0.15, -0.1) is 0 Å². The van der Waals surface area contributed by atoms with E-state index in [1.807, 2.05) is 0 Å². The van der Waals surface area contributed by atoms with Gasteiger partial charge in [-0.25, -0.2) is 9.48 Å². The summed E-state index contributed by atoms with van der Waals surface area (Å²) in [6, 6.07) is 0. The van der Waals surface area contributed by atoms with Crippen LogP contribution in [0.3, 0.4) is 0 Å². The molecule has 1 aliphatic rings. The molecular weight excluding hydrogens is 290 g/mol. The SMILES string of the molecule is CC(C)(C)OC(=O)N1CCCc2cnn(CC(=O)O)c(=O)c21. The van der Waals surface area contributed by atoms with Crippen molar-refractivity contribution in [3.8, 4) is 0 Å². The summed E-state index contributed by atoms with van der Waals surface area (Å²) in [6.07, 6.45) is 2.13.